The van der Waals surface area contributed by atoms with Crippen LogP contribution in [0.2, 0.25) is 0 Å². The van der Waals surface area contributed by atoms with Crippen molar-refractivity contribution >= 4 is 17.8 Å². The van der Waals surface area contributed by atoms with E-state index in [2.05, 4.69) is 21.9 Å². The van der Waals surface area contributed by atoms with Crippen LogP contribution in [0.4, 0.5) is 0 Å². The molecule has 9 nitrogen and oxygen atoms in total. The fourth-order valence-electron chi connectivity index (χ4n) is 3.94. The van der Waals surface area contributed by atoms with E-state index in [-0.39, 0.29) is 30.0 Å². The fourth-order valence-corrected chi connectivity index (χ4v) is 3.94. The van der Waals surface area contributed by atoms with Crippen LogP contribution in [0.5, 0.6) is 0 Å². The summed E-state index contributed by atoms with van der Waals surface area (Å²) in [6.07, 6.45) is 5.81. The van der Waals surface area contributed by atoms with Gasteiger partial charge >= 0.3 is 5.97 Å². The lowest BCUT2D eigenvalue weighted by molar-refractivity contribution is -0.139. The summed E-state index contributed by atoms with van der Waals surface area (Å²) in [5, 5.41) is 19.1. The average molecular weight is 418 g/mol. The molecule has 9 heteroatoms. The Labute approximate surface area is 175 Å². The first-order chi connectivity index (χ1) is 14.4. The van der Waals surface area contributed by atoms with Crippen LogP contribution in [0.15, 0.2) is 22.2 Å². The maximum atomic E-state index is 12.6. The topological polar surface area (TPSA) is 125 Å². The molecular formula is C21H30N4O5. The summed E-state index contributed by atoms with van der Waals surface area (Å²) in [7, 11) is 0. The van der Waals surface area contributed by atoms with Crippen molar-refractivity contribution in [1.82, 2.24) is 20.7 Å². The normalized spacial score (nSPS) is 20.4. The van der Waals surface area contributed by atoms with Crippen LogP contribution in [0.25, 0.3) is 0 Å². The number of rotatable bonds is 8. The molecule has 0 spiro atoms. The summed E-state index contributed by atoms with van der Waals surface area (Å²) in [5.41, 5.74) is 1.90. The first kappa shape index (κ1) is 22.0. The van der Waals surface area contributed by atoms with Gasteiger partial charge in [0, 0.05) is 38.7 Å². The van der Waals surface area contributed by atoms with E-state index in [0.717, 1.165) is 32.4 Å². The van der Waals surface area contributed by atoms with Gasteiger partial charge in [0.1, 0.15) is 5.92 Å². The van der Waals surface area contributed by atoms with Crippen molar-refractivity contribution in [3.63, 3.8) is 0 Å². The monoisotopic (exact) mass is 418 g/mol. The molecular weight excluding hydrogens is 388 g/mol. The third kappa shape index (κ3) is 5.91. The van der Waals surface area contributed by atoms with Crippen molar-refractivity contribution < 1.29 is 24.0 Å². The summed E-state index contributed by atoms with van der Waals surface area (Å²) in [5.74, 6) is -2.34. The molecule has 3 heterocycles. The van der Waals surface area contributed by atoms with Gasteiger partial charge in [-0.2, -0.15) is 0 Å². The molecule has 30 heavy (non-hydrogen) atoms. The maximum Gasteiger partial charge on any atom is 0.316 e. The van der Waals surface area contributed by atoms with Crippen LogP contribution in [0.3, 0.4) is 0 Å². The van der Waals surface area contributed by atoms with E-state index in [1.54, 1.807) is 17.9 Å². The molecule has 1 aromatic heterocycles. The van der Waals surface area contributed by atoms with Gasteiger partial charge < -0.3 is 25.2 Å². The second-order valence-electron chi connectivity index (χ2n) is 8.00. The molecule has 0 unspecified atom stereocenters. The Balaban J connectivity index is 1.49. The van der Waals surface area contributed by atoms with Gasteiger partial charge in [0.2, 0.25) is 11.8 Å². The summed E-state index contributed by atoms with van der Waals surface area (Å²) in [6.45, 7) is 4.50. The van der Waals surface area contributed by atoms with E-state index in [1.165, 1.54) is 5.57 Å². The lowest BCUT2D eigenvalue weighted by Crippen LogP contribution is -2.46. The van der Waals surface area contributed by atoms with Crippen LogP contribution in [-0.4, -0.2) is 65.7 Å². The molecule has 164 valence electrons. The Morgan fingerprint density at radius 3 is 2.93 bits per heavy atom. The first-order valence-corrected chi connectivity index (χ1v) is 10.5. The Morgan fingerprint density at radius 1 is 1.43 bits per heavy atom. The summed E-state index contributed by atoms with van der Waals surface area (Å²) in [4.78, 5) is 38.5. The Hall–Kier alpha value is -2.68. The molecule has 1 aromatic rings. The predicted molar refractivity (Wildman–Crippen MR) is 109 cm³/mol. The number of carboxylic acid groups (broad SMARTS) is 1. The predicted octanol–water partition coefficient (Wildman–Crippen LogP) is 1.21. The van der Waals surface area contributed by atoms with Gasteiger partial charge in [0.15, 0.2) is 5.76 Å². The van der Waals surface area contributed by atoms with Crippen molar-refractivity contribution in [1.29, 1.82) is 0 Å². The van der Waals surface area contributed by atoms with Crippen LogP contribution < -0.4 is 10.6 Å². The summed E-state index contributed by atoms with van der Waals surface area (Å²) >= 11 is 0. The number of likely N-dealkylation sites (tertiary alicyclic amines) is 1. The number of amides is 2. The summed E-state index contributed by atoms with van der Waals surface area (Å²) < 4.78 is 5.05. The zero-order chi connectivity index (χ0) is 21.5. The highest BCUT2D eigenvalue weighted by Gasteiger charge is 2.30. The van der Waals surface area contributed by atoms with Crippen molar-refractivity contribution in [2.45, 2.75) is 44.9 Å². The van der Waals surface area contributed by atoms with E-state index >= 15 is 0 Å². The zero-order valence-electron chi connectivity index (χ0n) is 17.4. The van der Waals surface area contributed by atoms with Crippen molar-refractivity contribution in [2.75, 3.05) is 32.7 Å². The molecule has 1 saturated heterocycles. The van der Waals surface area contributed by atoms with Crippen molar-refractivity contribution in [3.8, 4) is 0 Å². The molecule has 0 bridgehead atoms. The van der Waals surface area contributed by atoms with Gasteiger partial charge in [0.05, 0.1) is 11.6 Å². The van der Waals surface area contributed by atoms with E-state index in [1.807, 2.05) is 0 Å². The van der Waals surface area contributed by atoms with Crippen LogP contribution in [0.1, 0.15) is 49.5 Å². The summed E-state index contributed by atoms with van der Waals surface area (Å²) in [6, 6.07) is 1.56. The SMILES string of the molecule is Cc1cc([C@H](CNC(=O)[C@@H]2CCCN(C(=O)CCC3=CCNCC3)C2)C(=O)O)on1. The fraction of sp³-hybridized carbons (Fsp3) is 0.619. The first-order valence-electron chi connectivity index (χ1n) is 10.5. The van der Waals surface area contributed by atoms with Gasteiger partial charge in [0.25, 0.3) is 0 Å². The number of hydrogen-bond acceptors (Lipinski definition) is 6. The van der Waals surface area contributed by atoms with Gasteiger partial charge in [-0.05, 0) is 39.2 Å². The third-order valence-electron chi connectivity index (χ3n) is 5.73. The molecule has 0 saturated carbocycles. The Morgan fingerprint density at radius 2 is 2.27 bits per heavy atom. The average Bonchev–Trinajstić information content (AvgIpc) is 3.18. The van der Waals surface area contributed by atoms with E-state index < -0.39 is 11.9 Å². The lowest BCUT2D eigenvalue weighted by atomic mass is 9.95. The largest absolute Gasteiger partial charge is 0.481 e. The van der Waals surface area contributed by atoms with Crippen LogP contribution >= 0.6 is 0 Å². The standard InChI is InChI=1S/C21H30N4O5/c1-14-11-18(30-24-14)17(21(28)29)12-23-20(27)16-3-2-10-25(13-16)19(26)5-4-15-6-8-22-9-7-15/h6,11,16-17,22H,2-5,7-10,12-13H2,1H3,(H,23,27)(H,28,29)/t16-,17+/m1/s1. The van der Waals surface area contributed by atoms with E-state index in [0.29, 0.717) is 31.6 Å². The molecule has 3 N–H and O–H groups in total. The van der Waals surface area contributed by atoms with Crippen molar-refractivity contribution in [2.24, 2.45) is 5.92 Å². The number of carboxylic acids is 1. The van der Waals surface area contributed by atoms with Gasteiger partial charge in [-0.25, -0.2) is 0 Å². The van der Waals surface area contributed by atoms with E-state index in [9.17, 15) is 19.5 Å². The number of aryl methyl sites for hydroxylation is 1. The molecule has 3 rings (SSSR count). The second kappa shape index (κ2) is 10.4. The molecule has 2 atom stereocenters. The Bertz CT molecular complexity index is 803. The molecule has 2 amide bonds. The number of carbonyl (C=O) groups is 3. The van der Waals surface area contributed by atoms with Crippen LogP contribution in [-0.2, 0) is 14.4 Å². The molecule has 0 radical (unpaired) electrons. The van der Waals surface area contributed by atoms with E-state index in [4.69, 9.17) is 4.52 Å². The second-order valence-corrected chi connectivity index (χ2v) is 8.00. The number of carbonyl (C=O) groups excluding carboxylic acids is 2. The van der Waals surface area contributed by atoms with Crippen molar-refractivity contribution in [3.05, 3.63) is 29.2 Å². The highest BCUT2D eigenvalue weighted by molar-refractivity contribution is 5.82. The number of nitrogens with one attached hydrogen (secondary N) is 2. The van der Waals surface area contributed by atoms with Crippen LogP contribution in [0, 0.1) is 12.8 Å². The molecule has 0 aliphatic carbocycles. The zero-order valence-corrected chi connectivity index (χ0v) is 17.4. The minimum absolute atomic E-state index is 0.0740. The number of hydrogen-bond donors (Lipinski definition) is 3. The molecule has 1 fully saturated rings. The van der Waals surface area contributed by atoms with Gasteiger partial charge in [-0.3, -0.25) is 14.4 Å². The molecule has 0 aromatic carbocycles. The minimum atomic E-state index is -1.08. The van der Waals surface area contributed by atoms with Gasteiger partial charge in [-0.1, -0.05) is 16.8 Å². The highest BCUT2D eigenvalue weighted by Crippen LogP contribution is 2.21. The smallest absolute Gasteiger partial charge is 0.316 e. The number of nitrogens with zero attached hydrogens (tertiary/aromatic N) is 2. The maximum absolute atomic E-state index is 12.6. The minimum Gasteiger partial charge on any atom is -0.481 e. The lowest BCUT2D eigenvalue weighted by Gasteiger charge is -2.32. The molecule has 2 aliphatic heterocycles. The quantitative estimate of drug-likeness (QED) is 0.542. The number of aromatic nitrogens is 1. The molecule has 2 aliphatic rings. The number of aliphatic carboxylic acids is 1. The Kier molecular flexibility index (Phi) is 7.62. The number of piperidine rings is 1. The third-order valence-corrected chi connectivity index (χ3v) is 5.73. The van der Waals surface area contributed by atoms with Gasteiger partial charge in [-0.15, -0.1) is 0 Å². The highest BCUT2D eigenvalue weighted by atomic mass is 16.5.